The van der Waals surface area contributed by atoms with Gasteiger partial charge in [-0.1, -0.05) is 42.5 Å². The van der Waals surface area contributed by atoms with Crippen LogP contribution in [-0.4, -0.2) is 38.3 Å². The number of ether oxygens (including phenoxy) is 2. The van der Waals surface area contributed by atoms with Gasteiger partial charge in [0.05, 0.1) is 7.11 Å². The molecule has 158 valence electrons. The molecule has 0 atom stereocenters. The quantitative estimate of drug-likeness (QED) is 0.325. The molecule has 1 aromatic heterocycles. The second kappa shape index (κ2) is 9.13. The van der Waals surface area contributed by atoms with Crippen molar-refractivity contribution in [2.75, 3.05) is 33.4 Å². The van der Waals surface area contributed by atoms with Crippen LogP contribution in [0.4, 0.5) is 0 Å². The Morgan fingerprint density at radius 1 is 0.839 bits per heavy atom. The van der Waals surface area contributed by atoms with Crippen molar-refractivity contribution in [3.63, 3.8) is 0 Å². The summed E-state index contributed by atoms with van der Waals surface area (Å²) in [6, 6.07) is 25.5. The lowest BCUT2D eigenvalue weighted by atomic mass is 9.99. The van der Waals surface area contributed by atoms with Crippen molar-refractivity contribution in [3.05, 3.63) is 72.8 Å². The molecule has 0 saturated carbocycles. The third-order valence-electron chi connectivity index (χ3n) is 5.95. The van der Waals surface area contributed by atoms with Gasteiger partial charge in [-0.05, 0) is 67.4 Å². The zero-order valence-corrected chi connectivity index (χ0v) is 18.7. The van der Waals surface area contributed by atoms with Crippen molar-refractivity contribution in [2.45, 2.75) is 12.8 Å². The first-order valence-electron chi connectivity index (χ1n) is 10.9. The van der Waals surface area contributed by atoms with Crippen LogP contribution in [0.3, 0.4) is 0 Å². The first kappa shape index (κ1) is 20.1. The predicted octanol–water partition coefficient (Wildman–Crippen LogP) is 6.72. The summed E-state index contributed by atoms with van der Waals surface area (Å²) in [5.74, 6) is 1.83. The van der Waals surface area contributed by atoms with Crippen LogP contribution in [0.1, 0.15) is 12.8 Å². The maximum absolute atomic E-state index is 6.02. The molecule has 0 radical (unpaired) electrons. The van der Waals surface area contributed by atoms with Crippen LogP contribution >= 0.6 is 11.3 Å². The summed E-state index contributed by atoms with van der Waals surface area (Å²) in [5.41, 5.74) is 3.73. The van der Waals surface area contributed by atoms with Gasteiger partial charge in [0.15, 0.2) is 0 Å². The van der Waals surface area contributed by atoms with Crippen molar-refractivity contribution in [3.8, 4) is 33.1 Å². The van der Waals surface area contributed by atoms with E-state index in [1.807, 2.05) is 17.4 Å². The molecule has 1 aliphatic heterocycles. The lowest BCUT2D eigenvalue weighted by Crippen LogP contribution is -2.25. The minimum atomic E-state index is 0.746. The van der Waals surface area contributed by atoms with Crippen molar-refractivity contribution in [2.24, 2.45) is 0 Å². The second-order valence-electron chi connectivity index (χ2n) is 7.96. The molecule has 0 amide bonds. The van der Waals surface area contributed by atoms with Gasteiger partial charge in [-0.3, -0.25) is 4.90 Å². The molecule has 0 spiro atoms. The summed E-state index contributed by atoms with van der Waals surface area (Å²) in [7, 11) is 1.72. The van der Waals surface area contributed by atoms with Crippen molar-refractivity contribution < 1.29 is 9.47 Å². The Morgan fingerprint density at radius 2 is 1.58 bits per heavy atom. The van der Waals surface area contributed by atoms with E-state index in [0.717, 1.165) is 24.7 Å². The van der Waals surface area contributed by atoms with Gasteiger partial charge in [0.2, 0.25) is 0 Å². The predicted molar refractivity (Wildman–Crippen MR) is 130 cm³/mol. The highest BCUT2D eigenvalue weighted by Crippen LogP contribution is 2.45. The van der Waals surface area contributed by atoms with E-state index in [9.17, 15) is 0 Å². The van der Waals surface area contributed by atoms with Gasteiger partial charge in [0, 0.05) is 27.1 Å². The van der Waals surface area contributed by atoms with Crippen molar-refractivity contribution in [1.82, 2.24) is 4.90 Å². The van der Waals surface area contributed by atoms with Crippen LogP contribution < -0.4 is 9.47 Å². The molecule has 4 heteroatoms. The minimum absolute atomic E-state index is 0.746. The number of fused-ring (bicyclic) bond motifs is 1. The van der Waals surface area contributed by atoms with E-state index in [1.54, 1.807) is 7.11 Å². The Hall–Kier alpha value is -2.82. The lowest BCUT2D eigenvalue weighted by molar-refractivity contribution is 0.238. The molecule has 2 heterocycles. The smallest absolute Gasteiger partial charge is 0.120 e. The van der Waals surface area contributed by atoms with E-state index < -0.39 is 0 Å². The second-order valence-corrected chi connectivity index (χ2v) is 9.01. The monoisotopic (exact) mass is 429 g/mol. The number of likely N-dealkylation sites (tertiary alicyclic amines) is 1. The number of thiophene rings is 1. The molecule has 3 nitrogen and oxygen atoms in total. The maximum atomic E-state index is 6.02. The SMILES string of the molecule is COc1ccc2c(-c3ccc(OCCN4CCCC4)cc3)c(-c3ccccc3)sc2c1. The van der Waals surface area contributed by atoms with Crippen molar-refractivity contribution in [1.29, 1.82) is 0 Å². The lowest BCUT2D eigenvalue weighted by Gasteiger charge is -2.15. The van der Waals surface area contributed by atoms with Crippen LogP contribution in [0.25, 0.3) is 31.7 Å². The summed E-state index contributed by atoms with van der Waals surface area (Å²) in [4.78, 5) is 3.76. The summed E-state index contributed by atoms with van der Waals surface area (Å²) in [5, 5.41) is 1.26. The van der Waals surface area contributed by atoms with E-state index in [0.29, 0.717) is 0 Å². The van der Waals surface area contributed by atoms with Gasteiger partial charge in [0.25, 0.3) is 0 Å². The van der Waals surface area contributed by atoms with Crippen molar-refractivity contribution >= 4 is 21.4 Å². The fraction of sp³-hybridized carbons (Fsp3) is 0.259. The summed E-state index contributed by atoms with van der Waals surface area (Å²) in [6.45, 7) is 4.17. The molecule has 1 aliphatic rings. The third-order valence-corrected chi connectivity index (χ3v) is 7.15. The Labute approximate surface area is 187 Å². The highest BCUT2D eigenvalue weighted by molar-refractivity contribution is 7.23. The normalized spacial score (nSPS) is 14.2. The minimum Gasteiger partial charge on any atom is -0.497 e. The van der Waals surface area contributed by atoms with E-state index >= 15 is 0 Å². The number of nitrogens with zero attached hydrogens (tertiary/aromatic N) is 1. The Morgan fingerprint density at radius 3 is 2.32 bits per heavy atom. The van der Waals surface area contributed by atoms with Gasteiger partial charge in [-0.2, -0.15) is 0 Å². The molecular formula is C27H27NO2S. The molecule has 5 rings (SSSR count). The van der Waals surface area contributed by atoms with Crippen LogP contribution in [0.15, 0.2) is 72.8 Å². The topological polar surface area (TPSA) is 21.7 Å². The van der Waals surface area contributed by atoms with E-state index in [1.165, 1.54) is 57.6 Å². The molecule has 0 N–H and O–H groups in total. The highest BCUT2D eigenvalue weighted by Gasteiger charge is 2.16. The number of hydrogen-bond donors (Lipinski definition) is 0. The average molecular weight is 430 g/mol. The summed E-state index contributed by atoms with van der Waals surface area (Å²) < 4.78 is 12.7. The molecule has 3 aromatic carbocycles. The largest absolute Gasteiger partial charge is 0.497 e. The van der Waals surface area contributed by atoms with Crippen LogP contribution in [0.2, 0.25) is 0 Å². The van der Waals surface area contributed by atoms with E-state index in [4.69, 9.17) is 9.47 Å². The molecule has 0 aliphatic carbocycles. The maximum Gasteiger partial charge on any atom is 0.120 e. The molecule has 4 aromatic rings. The fourth-order valence-corrected chi connectivity index (χ4v) is 5.56. The van der Waals surface area contributed by atoms with E-state index in [2.05, 4.69) is 71.6 Å². The molecule has 0 unspecified atom stereocenters. The first-order valence-corrected chi connectivity index (χ1v) is 11.7. The van der Waals surface area contributed by atoms with E-state index in [-0.39, 0.29) is 0 Å². The van der Waals surface area contributed by atoms with Crippen LogP contribution in [-0.2, 0) is 0 Å². The van der Waals surface area contributed by atoms with Gasteiger partial charge in [0.1, 0.15) is 18.1 Å². The number of benzene rings is 3. The zero-order valence-electron chi connectivity index (χ0n) is 17.8. The Bertz CT molecular complexity index is 1150. The molecule has 1 saturated heterocycles. The highest BCUT2D eigenvalue weighted by atomic mass is 32.1. The average Bonchev–Trinajstić information content (AvgIpc) is 3.47. The van der Waals surface area contributed by atoms with Gasteiger partial charge < -0.3 is 9.47 Å². The van der Waals surface area contributed by atoms with Gasteiger partial charge in [-0.15, -0.1) is 11.3 Å². The summed E-state index contributed by atoms with van der Waals surface area (Å²) >= 11 is 1.82. The molecule has 31 heavy (non-hydrogen) atoms. The Kier molecular flexibility index (Phi) is 5.92. The van der Waals surface area contributed by atoms with Crippen LogP contribution in [0, 0.1) is 0 Å². The molecule has 1 fully saturated rings. The van der Waals surface area contributed by atoms with Crippen LogP contribution in [0.5, 0.6) is 11.5 Å². The number of hydrogen-bond acceptors (Lipinski definition) is 4. The number of methoxy groups -OCH3 is 1. The number of rotatable bonds is 7. The Balaban J connectivity index is 1.45. The zero-order chi connectivity index (χ0) is 21.0. The first-order chi connectivity index (χ1) is 15.3. The summed E-state index contributed by atoms with van der Waals surface area (Å²) in [6.07, 6.45) is 2.64. The van der Waals surface area contributed by atoms with Gasteiger partial charge >= 0.3 is 0 Å². The molecular weight excluding hydrogens is 402 g/mol. The molecule has 0 bridgehead atoms. The third kappa shape index (κ3) is 4.32. The standard InChI is InChI=1S/C27H27NO2S/c1-29-23-13-14-24-25(19-23)31-27(21-7-3-2-4-8-21)26(24)20-9-11-22(12-10-20)30-18-17-28-15-5-6-16-28/h2-4,7-14,19H,5-6,15-18H2,1H3. The van der Waals surface area contributed by atoms with Gasteiger partial charge in [-0.25, -0.2) is 0 Å². The fourth-order valence-electron chi connectivity index (χ4n) is 4.30.